The van der Waals surface area contributed by atoms with Gasteiger partial charge in [-0.25, -0.2) is 15.0 Å². The zero-order chi connectivity index (χ0) is 82.8. The van der Waals surface area contributed by atoms with E-state index in [1.807, 2.05) is 6.92 Å². The molecule has 4 amide bonds. The van der Waals surface area contributed by atoms with Crippen LogP contribution in [0.4, 0.5) is 17.8 Å². The summed E-state index contributed by atoms with van der Waals surface area (Å²) < 4.78 is 47.6. The number of hydrogen-bond acceptors (Lipinski definition) is 26. The molecular weight excluding hydrogens is 1610 g/mol. The molecule has 0 saturated carbocycles. The maximum Gasteiger partial charge on any atom is 0.260 e. The van der Waals surface area contributed by atoms with Gasteiger partial charge in [0, 0.05) is 103 Å². The molecule has 8 N–H and O–H groups in total. The molecule has 13 rings (SSSR count). The van der Waals surface area contributed by atoms with Gasteiger partial charge in [0.15, 0.2) is 0 Å². The molecule has 616 valence electrons. The van der Waals surface area contributed by atoms with E-state index in [1.165, 1.54) is 81.2 Å². The number of aliphatic hydroxyl groups is 2. The van der Waals surface area contributed by atoms with Gasteiger partial charge in [0.05, 0.1) is 167 Å². The van der Waals surface area contributed by atoms with Gasteiger partial charge in [-0.1, -0.05) is 85.2 Å². The summed E-state index contributed by atoms with van der Waals surface area (Å²) in [7, 11) is 8.97. The van der Waals surface area contributed by atoms with Gasteiger partial charge < -0.3 is 84.9 Å². The first-order chi connectivity index (χ1) is 55.2. The molecule has 0 bridgehead atoms. The Hall–Kier alpha value is -10.7. The van der Waals surface area contributed by atoms with E-state index in [0.717, 1.165) is 12.0 Å². The normalized spacial score (nSPS) is 18.3. The highest BCUT2D eigenvalue weighted by atomic mass is 35.5. The van der Waals surface area contributed by atoms with Gasteiger partial charge in [-0.2, -0.15) is 15.0 Å². The number of aliphatic hydroxyl groups excluding tert-OH is 2. The third-order valence-corrected chi connectivity index (χ3v) is 21.5. The molecule has 4 aliphatic heterocycles. The van der Waals surface area contributed by atoms with Crippen molar-refractivity contribution in [3.63, 3.8) is 0 Å². The number of likely N-dealkylation sites (tertiary alicyclic amines) is 1. The summed E-state index contributed by atoms with van der Waals surface area (Å²) in [5.74, 6) is 1.62. The fourth-order valence-corrected chi connectivity index (χ4v) is 15.1. The fraction of sp³-hybridized carbons (Fsp3) is 0.372. The van der Waals surface area contributed by atoms with Gasteiger partial charge in [-0.05, 0) is 73.4 Å². The number of nitrogens with zero attached hydrogens (tertiary/aromatic N) is 10. The van der Waals surface area contributed by atoms with Gasteiger partial charge in [0.1, 0.15) is 45.7 Å². The second-order valence-electron chi connectivity index (χ2n) is 26.9. The molecule has 9 aromatic rings. The van der Waals surface area contributed by atoms with Crippen molar-refractivity contribution in [3.05, 3.63) is 161 Å². The molecule has 0 radical (unpaired) electrons. The summed E-state index contributed by atoms with van der Waals surface area (Å²) in [5.41, 5.74) is 2.31. The number of anilines is 3. The highest BCUT2D eigenvalue weighted by molar-refractivity contribution is 6.42. The number of ether oxygens (including phenoxy) is 8. The van der Waals surface area contributed by atoms with Crippen molar-refractivity contribution in [2.45, 2.75) is 83.1 Å². The van der Waals surface area contributed by atoms with E-state index in [4.69, 9.17) is 101 Å². The number of methoxy groups -OCH3 is 5. The lowest BCUT2D eigenvalue weighted by Gasteiger charge is -2.21. The van der Waals surface area contributed by atoms with Gasteiger partial charge in [-0.3, -0.25) is 47.3 Å². The highest BCUT2D eigenvalue weighted by Gasteiger charge is 2.35. The Kier molecular flexibility index (Phi) is 29.3. The summed E-state index contributed by atoms with van der Waals surface area (Å²) >= 11 is 32.9. The van der Waals surface area contributed by atoms with Crippen molar-refractivity contribution >= 4 is 133 Å². The number of aromatic nitrogens is 9. The second-order valence-corrected chi connectivity index (χ2v) is 28.8. The van der Waals surface area contributed by atoms with E-state index < -0.39 is 18.3 Å². The number of carbonyl (C=O) groups excluding carboxylic acids is 4. The first kappa shape index (κ1) is 87.7. The monoisotopic (exact) mass is 1690 g/mol. The number of carbonyl (C=O) groups is 4. The Labute approximate surface area is 690 Å². The Morgan fingerprint density at radius 1 is 0.543 bits per heavy atom. The number of benzene rings is 3. The molecule has 1 unspecified atom stereocenters. The summed E-state index contributed by atoms with van der Waals surface area (Å²) in [5, 5.41) is 40.5. The van der Waals surface area contributed by atoms with Crippen molar-refractivity contribution in [3.8, 4) is 62.1 Å². The van der Waals surface area contributed by atoms with E-state index in [9.17, 15) is 43.8 Å². The van der Waals surface area contributed by atoms with Crippen LogP contribution in [0.2, 0.25) is 25.1 Å². The van der Waals surface area contributed by atoms with Crippen LogP contribution >= 0.6 is 58.0 Å². The zero-order valence-corrected chi connectivity index (χ0v) is 67.4. The third kappa shape index (κ3) is 19.2. The van der Waals surface area contributed by atoms with Crippen LogP contribution in [0.3, 0.4) is 0 Å². The van der Waals surface area contributed by atoms with Crippen molar-refractivity contribution < 1.29 is 67.3 Å². The van der Waals surface area contributed by atoms with Crippen molar-refractivity contribution in [2.24, 2.45) is 13.0 Å². The van der Waals surface area contributed by atoms with E-state index in [0.29, 0.717) is 124 Å². The van der Waals surface area contributed by atoms with Crippen LogP contribution in [0.5, 0.6) is 28.7 Å². The van der Waals surface area contributed by atoms with Crippen molar-refractivity contribution in [2.75, 3.05) is 111 Å². The van der Waals surface area contributed by atoms with Gasteiger partial charge in [-0.15, -0.1) is 0 Å². The van der Waals surface area contributed by atoms with Crippen LogP contribution in [0, 0.1) is 12.8 Å². The molecule has 0 aliphatic carbocycles. The number of nitrogens with one attached hydrogen (secondary N) is 6. The van der Waals surface area contributed by atoms with Crippen LogP contribution in [0.15, 0.2) is 113 Å². The smallest absolute Gasteiger partial charge is 0.260 e. The number of hydrogen-bond donors (Lipinski definition) is 8. The van der Waals surface area contributed by atoms with Crippen molar-refractivity contribution in [1.29, 1.82) is 0 Å². The zero-order valence-electron chi connectivity index (χ0n) is 63.6. The highest BCUT2D eigenvalue weighted by Crippen LogP contribution is 2.47. The third-order valence-electron chi connectivity index (χ3n) is 19.5. The van der Waals surface area contributed by atoms with E-state index in [1.54, 1.807) is 66.2 Å². The van der Waals surface area contributed by atoms with Crippen LogP contribution in [0.1, 0.15) is 26.3 Å². The largest absolute Gasteiger partial charge is 0.497 e. The van der Waals surface area contributed by atoms with E-state index in [-0.39, 0.29) is 164 Å². The molecule has 38 heteroatoms. The van der Waals surface area contributed by atoms with E-state index >= 15 is 0 Å². The number of aryl methyl sites for hydroxylation is 2. The Morgan fingerprint density at radius 3 is 1.39 bits per heavy atom. The molecule has 6 aromatic heterocycles. The minimum atomic E-state index is -1.26. The molecule has 116 heavy (non-hydrogen) atoms. The molecule has 3 aromatic carbocycles. The summed E-state index contributed by atoms with van der Waals surface area (Å²) in [6, 6.07) is 9.66. The van der Waals surface area contributed by atoms with Gasteiger partial charge in [0.25, 0.3) is 16.7 Å². The topological polar surface area (TPSA) is 401 Å². The number of fused-ring (bicyclic) bond motifs is 3. The summed E-state index contributed by atoms with van der Waals surface area (Å²) in [6.07, 6.45) is 7.81. The standard InChI is InChI=1S/C29H33ClN6O6.C25H27Cl2N5O7.C23H23Cl2N5O4.CH4/c1-5-25(38)32-22-14-42-15-23(22)33-29-31-11-18-8-21(20-9-19(40-3)10-24(41-4)26(20)30)28(39)36(27(18)34-29)13-17-6-7-35(12-17)16(2)37;1-4-19(35)29-15-10-39-11-16(15)30-25-28-7-12-5-14(24(36)32(23(12)31-25)8-13(34)9-33)20-21(26)17(37-2)6-18(38-3)22(20)27;1-5-17(31)27-14-9-34-10-15(14)28-23-26-8-12-7-13(22(32)30(3)21(12)29-23)18-19(24)11(2)6-16(33-4)20(18)25;/h5,8-11,17,22-23H,1,6-7,12-15H2,2-4H3,(H,32,38)(H,31,33,34);4-7,13,15-16,33-34H,1,8-11H2,2-3H3,(H,29,35)(H,28,30,31);5-8,14-15H,1,9-10H2,2-4H3,(H,27,31)(H,26,28,29);1H4/t17-,22+,23-;13?,15-,16+;14-,15+;/m100./s1. The SMILES string of the molecule is C.C=CC(=O)N[C@H]1COC[C@H]1Nc1ncc2cc(-c3c(Cl)c(C)cc(OC)c3Cl)c(=O)n(C)c2n1.C=CC(=O)N[C@H]1COC[C@H]1Nc1ncc2cc(-c3c(Cl)c(OC)cc(OC)c3Cl)c(=O)n(CC(O)CO)c2n1.C=CC(=O)N[C@H]1COC[C@H]1Nc1ncc2cc(-c3cc(OC)cc(OC)c3Cl)c(=O)n(C[C@@H]3CCN(C(C)=O)C3)c2n1. The summed E-state index contributed by atoms with van der Waals surface area (Å²) in [4.78, 5) is 117. The lowest BCUT2D eigenvalue weighted by Crippen LogP contribution is -2.45. The number of amides is 4. The average Bonchev–Trinajstić information content (AvgIpc) is 1.73. The molecule has 8 atom stereocenters. The predicted octanol–water partition coefficient (Wildman–Crippen LogP) is 7.83. The second kappa shape index (κ2) is 38.8. The fourth-order valence-electron chi connectivity index (χ4n) is 13.5. The van der Waals surface area contributed by atoms with Crippen LogP contribution in [0.25, 0.3) is 66.5 Å². The lowest BCUT2D eigenvalue weighted by molar-refractivity contribution is -0.128. The maximum absolute atomic E-state index is 14.2. The molecule has 33 nitrogen and oxygen atoms in total. The molecule has 10 heterocycles. The van der Waals surface area contributed by atoms with Crippen LogP contribution in [-0.2, 0) is 53.5 Å². The van der Waals surface area contributed by atoms with Gasteiger partial charge >= 0.3 is 0 Å². The maximum atomic E-state index is 14.2. The molecule has 4 saturated heterocycles. The Morgan fingerprint density at radius 2 is 0.948 bits per heavy atom. The minimum Gasteiger partial charge on any atom is -0.497 e. The molecule has 4 fully saturated rings. The number of pyridine rings is 3. The van der Waals surface area contributed by atoms with Crippen molar-refractivity contribution in [1.82, 2.24) is 64.5 Å². The first-order valence-corrected chi connectivity index (χ1v) is 37.7. The number of halogens is 5. The molecule has 0 spiro atoms. The minimum absolute atomic E-state index is 0. The summed E-state index contributed by atoms with van der Waals surface area (Å²) in [6.45, 7) is 16.4. The van der Waals surface area contributed by atoms with Crippen LogP contribution in [-0.4, -0.2) is 220 Å². The first-order valence-electron chi connectivity index (χ1n) is 35.8. The van der Waals surface area contributed by atoms with Gasteiger partial charge in [0.2, 0.25) is 41.5 Å². The quantitative estimate of drug-likeness (QED) is 0.0253. The lowest BCUT2D eigenvalue weighted by atomic mass is 10.0. The Bertz CT molecular complexity index is 5430. The average molecular weight is 1700 g/mol. The Balaban J connectivity index is 0.000000184. The van der Waals surface area contributed by atoms with E-state index in [2.05, 4.69) is 76.6 Å². The molecular formula is C78H87Cl5N16O17. The number of rotatable bonds is 25. The predicted molar refractivity (Wildman–Crippen MR) is 442 cm³/mol. The molecule has 4 aliphatic rings. The van der Waals surface area contributed by atoms with Crippen LogP contribution < -0.4 is 72.3 Å².